The molecule has 1 atom stereocenters. The highest BCUT2D eigenvalue weighted by Gasteiger charge is 1.96. The SMILES string of the molecule is [CH2]CCC(C)CC=O. The van der Waals surface area contributed by atoms with Gasteiger partial charge < -0.3 is 4.79 Å². The molecule has 0 aromatic carbocycles. The van der Waals surface area contributed by atoms with Gasteiger partial charge in [0.2, 0.25) is 0 Å². The van der Waals surface area contributed by atoms with Gasteiger partial charge in [-0.25, -0.2) is 0 Å². The predicted octanol–water partition coefficient (Wildman–Crippen LogP) is 1.83. The molecule has 0 aliphatic rings. The monoisotopic (exact) mass is 113 g/mol. The number of rotatable bonds is 4. The minimum absolute atomic E-state index is 0.532. The van der Waals surface area contributed by atoms with E-state index in [9.17, 15) is 4.79 Å². The average Bonchev–Trinajstić information content (AvgIpc) is 1.68. The van der Waals surface area contributed by atoms with E-state index in [0.717, 1.165) is 19.1 Å². The van der Waals surface area contributed by atoms with E-state index < -0.39 is 0 Å². The number of hydrogen-bond acceptors (Lipinski definition) is 1. The van der Waals surface area contributed by atoms with E-state index in [-0.39, 0.29) is 0 Å². The van der Waals surface area contributed by atoms with Crippen LogP contribution in [0.15, 0.2) is 0 Å². The van der Waals surface area contributed by atoms with E-state index in [0.29, 0.717) is 12.3 Å². The van der Waals surface area contributed by atoms with Crippen molar-refractivity contribution < 1.29 is 4.79 Å². The number of carbonyl (C=O) groups excluding carboxylic acids is 1. The summed E-state index contributed by atoms with van der Waals surface area (Å²) >= 11 is 0. The van der Waals surface area contributed by atoms with Crippen LogP contribution in [0.5, 0.6) is 0 Å². The fraction of sp³-hybridized carbons (Fsp3) is 0.714. The molecule has 0 aliphatic heterocycles. The number of carbonyl (C=O) groups is 1. The van der Waals surface area contributed by atoms with Gasteiger partial charge in [0.1, 0.15) is 6.29 Å². The minimum Gasteiger partial charge on any atom is -0.303 e. The molecule has 0 saturated carbocycles. The molecular formula is C7H13O. The molecule has 0 aromatic rings. The normalized spacial score (nSPS) is 13.2. The van der Waals surface area contributed by atoms with E-state index >= 15 is 0 Å². The van der Waals surface area contributed by atoms with Gasteiger partial charge in [-0.2, -0.15) is 0 Å². The smallest absolute Gasteiger partial charge is 0.120 e. The van der Waals surface area contributed by atoms with Gasteiger partial charge in [-0.15, -0.1) is 0 Å². The van der Waals surface area contributed by atoms with Crippen LogP contribution < -0.4 is 0 Å². The molecule has 47 valence electrons. The molecule has 0 fully saturated rings. The summed E-state index contributed by atoms with van der Waals surface area (Å²) in [6.07, 6.45) is 3.67. The Labute approximate surface area is 51.1 Å². The second-order valence-corrected chi connectivity index (χ2v) is 2.15. The maximum absolute atomic E-state index is 9.87. The zero-order valence-electron chi connectivity index (χ0n) is 5.39. The van der Waals surface area contributed by atoms with E-state index in [1.54, 1.807) is 0 Å². The zero-order chi connectivity index (χ0) is 6.41. The molecule has 0 saturated heterocycles. The molecule has 1 radical (unpaired) electrons. The van der Waals surface area contributed by atoms with Crippen molar-refractivity contribution in [1.82, 2.24) is 0 Å². The first-order valence-electron chi connectivity index (χ1n) is 3.04. The Morgan fingerprint density at radius 1 is 1.75 bits per heavy atom. The van der Waals surface area contributed by atoms with E-state index in [2.05, 4.69) is 13.8 Å². The highest BCUT2D eigenvalue weighted by Crippen LogP contribution is 2.06. The quantitative estimate of drug-likeness (QED) is 0.508. The summed E-state index contributed by atoms with van der Waals surface area (Å²) in [5.74, 6) is 0.532. The van der Waals surface area contributed by atoms with Crippen molar-refractivity contribution in [2.75, 3.05) is 0 Å². The molecule has 0 N–H and O–H groups in total. The van der Waals surface area contributed by atoms with E-state index in [1.165, 1.54) is 0 Å². The lowest BCUT2D eigenvalue weighted by Crippen LogP contribution is -1.93. The van der Waals surface area contributed by atoms with E-state index in [1.807, 2.05) is 0 Å². The molecular weight excluding hydrogens is 100 g/mol. The molecule has 0 amide bonds. The van der Waals surface area contributed by atoms with Crippen LogP contribution >= 0.6 is 0 Å². The summed E-state index contributed by atoms with van der Waals surface area (Å²) in [6, 6.07) is 0. The molecule has 8 heavy (non-hydrogen) atoms. The Kier molecular flexibility index (Phi) is 4.62. The Bertz CT molecular complexity index is 59.4. The van der Waals surface area contributed by atoms with Crippen LogP contribution in [0, 0.1) is 12.8 Å². The Hall–Kier alpha value is -0.330. The molecule has 1 nitrogen and oxygen atoms in total. The standard InChI is InChI=1S/C7H13O/c1-3-4-7(2)5-6-8/h6-7H,1,3-5H2,2H3. The van der Waals surface area contributed by atoms with Crippen LogP contribution in [0.2, 0.25) is 0 Å². The van der Waals surface area contributed by atoms with Crippen molar-refractivity contribution >= 4 is 6.29 Å². The maximum atomic E-state index is 9.87. The molecule has 0 bridgehead atoms. The topological polar surface area (TPSA) is 17.1 Å². The summed E-state index contributed by atoms with van der Waals surface area (Å²) in [7, 11) is 0. The highest BCUT2D eigenvalue weighted by molar-refractivity contribution is 5.49. The minimum atomic E-state index is 0.532. The van der Waals surface area contributed by atoms with Gasteiger partial charge in [-0.1, -0.05) is 26.7 Å². The lowest BCUT2D eigenvalue weighted by atomic mass is 10.0. The van der Waals surface area contributed by atoms with Crippen LogP contribution in [-0.4, -0.2) is 6.29 Å². The molecule has 0 heterocycles. The van der Waals surface area contributed by atoms with Crippen molar-refractivity contribution in [3.8, 4) is 0 Å². The zero-order valence-corrected chi connectivity index (χ0v) is 5.39. The first kappa shape index (κ1) is 7.67. The first-order chi connectivity index (χ1) is 3.81. The molecule has 0 aromatic heterocycles. The molecule has 1 heteroatoms. The summed E-state index contributed by atoms with van der Waals surface area (Å²) in [6.45, 7) is 5.76. The Morgan fingerprint density at radius 2 is 2.38 bits per heavy atom. The van der Waals surface area contributed by atoms with Crippen molar-refractivity contribution in [3.05, 3.63) is 6.92 Å². The van der Waals surface area contributed by atoms with Gasteiger partial charge in [-0.05, 0) is 5.92 Å². The third-order valence-corrected chi connectivity index (χ3v) is 1.20. The first-order valence-corrected chi connectivity index (χ1v) is 3.04. The van der Waals surface area contributed by atoms with Gasteiger partial charge in [0.05, 0.1) is 0 Å². The lowest BCUT2D eigenvalue weighted by Gasteiger charge is -2.01. The Balaban J connectivity index is 3.03. The molecule has 0 spiro atoms. The summed E-state index contributed by atoms with van der Waals surface area (Å²) in [4.78, 5) is 9.87. The van der Waals surface area contributed by atoms with Gasteiger partial charge in [-0.3, -0.25) is 0 Å². The van der Waals surface area contributed by atoms with Crippen LogP contribution in [0.3, 0.4) is 0 Å². The van der Waals surface area contributed by atoms with Crippen LogP contribution in [0.25, 0.3) is 0 Å². The van der Waals surface area contributed by atoms with Crippen LogP contribution in [0.4, 0.5) is 0 Å². The summed E-state index contributed by atoms with van der Waals surface area (Å²) in [5, 5.41) is 0. The number of aldehydes is 1. The van der Waals surface area contributed by atoms with Crippen LogP contribution in [-0.2, 0) is 4.79 Å². The van der Waals surface area contributed by atoms with Crippen molar-refractivity contribution in [3.63, 3.8) is 0 Å². The van der Waals surface area contributed by atoms with Gasteiger partial charge in [0, 0.05) is 6.42 Å². The van der Waals surface area contributed by atoms with Crippen molar-refractivity contribution in [2.45, 2.75) is 26.2 Å². The summed E-state index contributed by atoms with van der Waals surface area (Å²) < 4.78 is 0. The fourth-order valence-electron chi connectivity index (χ4n) is 0.631. The van der Waals surface area contributed by atoms with Crippen molar-refractivity contribution in [1.29, 1.82) is 0 Å². The van der Waals surface area contributed by atoms with Crippen molar-refractivity contribution in [2.24, 2.45) is 5.92 Å². The molecule has 0 rings (SSSR count). The molecule has 0 aliphatic carbocycles. The summed E-state index contributed by atoms with van der Waals surface area (Å²) in [5.41, 5.74) is 0. The largest absolute Gasteiger partial charge is 0.303 e. The van der Waals surface area contributed by atoms with Gasteiger partial charge in [0.25, 0.3) is 0 Å². The lowest BCUT2D eigenvalue weighted by molar-refractivity contribution is -0.108. The predicted molar refractivity (Wildman–Crippen MR) is 34.4 cm³/mol. The van der Waals surface area contributed by atoms with E-state index in [4.69, 9.17) is 0 Å². The van der Waals surface area contributed by atoms with Gasteiger partial charge in [0.15, 0.2) is 0 Å². The van der Waals surface area contributed by atoms with Gasteiger partial charge >= 0.3 is 0 Å². The number of hydrogen-bond donors (Lipinski definition) is 0. The second kappa shape index (κ2) is 4.82. The third kappa shape index (κ3) is 3.85. The highest BCUT2D eigenvalue weighted by atomic mass is 16.1. The fourth-order valence-corrected chi connectivity index (χ4v) is 0.631. The third-order valence-electron chi connectivity index (χ3n) is 1.20. The maximum Gasteiger partial charge on any atom is 0.120 e. The molecule has 1 unspecified atom stereocenters. The van der Waals surface area contributed by atoms with Crippen LogP contribution in [0.1, 0.15) is 26.2 Å². The Morgan fingerprint density at radius 3 is 2.75 bits per heavy atom. The average molecular weight is 113 g/mol. The second-order valence-electron chi connectivity index (χ2n) is 2.15.